The Hall–Kier alpha value is -3.55. The van der Waals surface area contributed by atoms with E-state index < -0.39 is 5.91 Å². The number of hydrogen-bond acceptors (Lipinski definition) is 6. The van der Waals surface area contributed by atoms with E-state index in [4.69, 9.17) is 14.2 Å². The monoisotopic (exact) mass is 397 g/mol. The molecule has 152 valence electrons. The van der Waals surface area contributed by atoms with Crippen molar-refractivity contribution in [3.8, 4) is 17.2 Å². The lowest BCUT2D eigenvalue weighted by atomic mass is 10.2. The van der Waals surface area contributed by atoms with Crippen molar-refractivity contribution in [3.63, 3.8) is 0 Å². The molecule has 0 bridgehead atoms. The highest BCUT2D eigenvalue weighted by Gasteiger charge is 2.13. The van der Waals surface area contributed by atoms with Gasteiger partial charge >= 0.3 is 0 Å². The lowest BCUT2D eigenvalue weighted by Gasteiger charge is -2.19. The van der Waals surface area contributed by atoms with Gasteiger partial charge in [0, 0.05) is 17.5 Å². The highest BCUT2D eigenvalue weighted by molar-refractivity contribution is 6.05. The Morgan fingerprint density at radius 3 is 2.62 bits per heavy atom. The van der Waals surface area contributed by atoms with Crippen LogP contribution in [0.2, 0.25) is 0 Å². The Morgan fingerprint density at radius 1 is 1.07 bits per heavy atom. The summed E-state index contributed by atoms with van der Waals surface area (Å²) in [6, 6.07) is 12.6. The molecule has 2 aromatic carbocycles. The number of carbonyl (C=O) groups is 2. The van der Waals surface area contributed by atoms with E-state index in [-0.39, 0.29) is 18.9 Å². The maximum absolute atomic E-state index is 12.2. The summed E-state index contributed by atoms with van der Waals surface area (Å²) < 4.78 is 16.4. The zero-order valence-corrected chi connectivity index (χ0v) is 16.4. The Balaban J connectivity index is 1.44. The number of rotatable bonds is 7. The van der Waals surface area contributed by atoms with E-state index in [1.807, 2.05) is 25.1 Å². The molecule has 0 saturated carbocycles. The number of hydrogen-bond donors (Lipinski definition) is 2. The smallest absolute Gasteiger partial charge is 0.277 e. The summed E-state index contributed by atoms with van der Waals surface area (Å²) in [6.07, 6.45) is 0.0351. The topological polar surface area (TPSA) is 98.3 Å². The lowest BCUT2D eigenvalue weighted by molar-refractivity contribution is -0.123. The molecule has 2 amide bonds. The van der Waals surface area contributed by atoms with E-state index in [0.717, 1.165) is 5.56 Å². The van der Waals surface area contributed by atoms with Crippen molar-refractivity contribution in [1.82, 2.24) is 5.43 Å². The molecule has 0 saturated heterocycles. The van der Waals surface area contributed by atoms with E-state index in [1.54, 1.807) is 31.2 Å². The van der Waals surface area contributed by atoms with Crippen LogP contribution in [-0.4, -0.2) is 37.3 Å². The first-order valence-electron chi connectivity index (χ1n) is 9.21. The molecule has 0 aliphatic carbocycles. The van der Waals surface area contributed by atoms with Crippen molar-refractivity contribution < 1.29 is 23.8 Å². The number of carbonyl (C=O) groups excluding carboxylic acids is 2. The van der Waals surface area contributed by atoms with Gasteiger partial charge in [0.15, 0.2) is 18.1 Å². The van der Waals surface area contributed by atoms with Gasteiger partial charge in [0.1, 0.15) is 19.0 Å². The fraction of sp³-hybridized carbons (Fsp3) is 0.286. The molecule has 8 nitrogen and oxygen atoms in total. The van der Waals surface area contributed by atoms with E-state index in [9.17, 15) is 9.59 Å². The van der Waals surface area contributed by atoms with E-state index in [0.29, 0.717) is 41.9 Å². The first kappa shape index (κ1) is 20.2. The Labute approximate surface area is 168 Å². The average Bonchev–Trinajstić information content (AvgIpc) is 2.71. The minimum absolute atomic E-state index is 0.0351. The molecular weight excluding hydrogens is 374 g/mol. The van der Waals surface area contributed by atoms with Gasteiger partial charge in [-0.05, 0) is 37.6 Å². The second-order valence-corrected chi connectivity index (χ2v) is 6.52. The molecule has 1 heterocycles. The van der Waals surface area contributed by atoms with Crippen LogP contribution in [0.25, 0.3) is 0 Å². The molecule has 0 aromatic heterocycles. The minimum atomic E-state index is -0.403. The number of aryl methyl sites for hydroxylation is 1. The van der Waals surface area contributed by atoms with Gasteiger partial charge in [-0.15, -0.1) is 0 Å². The zero-order valence-electron chi connectivity index (χ0n) is 16.4. The van der Waals surface area contributed by atoms with Gasteiger partial charge in [-0.25, -0.2) is 5.43 Å². The van der Waals surface area contributed by atoms with Crippen LogP contribution in [0.1, 0.15) is 18.9 Å². The fourth-order valence-electron chi connectivity index (χ4n) is 2.65. The van der Waals surface area contributed by atoms with Crippen LogP contribution >= 0.6 is 0 Å². The third kappa shape index (κ3) is 5.97. The van der Waals surface area contributed by atoms with Crippen LogP contribution in [0.15, 0.2) is 47.6 Å². The third-order valence-electron chi connectivity index (χ3n) is 4.07. The summed E-state index contributed by atoms with van der Waals surface area (Å²) >= 11 is 0. The number of amides is 2. The molecule has 0 unspecified atom stereocenters. The number of fused-ring (bicyclic) bond motifs is 1. The number of para-hydroxylation sites is 1. The maximum atomic E-state index is 12.2. The molecule has 8 heteroatoms. The zero-order chi connectivity index (χ0) is 20.6. The quantitative estimate of drug-likeness (QED) is 0.553. The van der Waals surface area contributed by atoms with Crippen molar-refractivity contribution in [2.24, 2.45) is 5.10 Å². The SMILES string of the molecule is C/C(CC(=O)Nc1ccc2c(c1)OCCO2)=N/NC(=O)COc1ccccc1C. The lowest BCUT2D eigenvalue weighted by Crippen LogP contribution is -2.26. The Kier molecular flexibility index (Phi) is 6.67. The molecule has 1 aliphatic heterocycles. The van der Waals surface area contributed by atoms with Gasteiger partial charge in [-0.2, -0.15) is 5.10 Å². The summed E-state index contributed by atoms with van der Waals surface area (Å²) in [5.74, 6) is 1.23. The number of benzene rings is 2. The van der Waals surface area contributed by atoms with Crippen LogP contribution in [0, 0.1) is 6.92 Å². The number of hydrazone groups is 1. The summed E-state index contributed by atoms with van der Waals surface area (Å²) in [5.41, 5.74) is 4.39. The van der Waals surface area contributed by atoms with Crippen molar-refractivity contribution >= 4 is 23.2 Å². The predicted molar refractivity (Wildman–Crippen MR) is 109 cm³/mol. The Bertz CT molecular complexity index is 926. The van der Waals surface area contributed by atoms with E-state index in [1.165, 1.54) is 0 Å². The van der Waals surface area contributed by atoms with Gasteiger partial charge in [0.25, 0.3) is 5.91 Å². The summed E-state index contributed by atoms with van der Waals surface area (Å²) in [4.78, 5) is 24.1. The van der Waals surface area contributed by atoms with E-state index in [2.05, 4.69) is 15.8 Å². The van der Waals surface area contributed by atoms with Crippen LogP contribution < -0.4 is 25.0 Å². The third-order valence-corrected chi connectivity index (χ3v) is 4.07. The molecule has 2 aromatic rings. The number of ether oxygens (including phenoxy) is 3. The van der Waals surface area contributed by atoms with Crippen LogP contribution in [0.3, 0.4) is 0 Å². The molecule has 29 heavy (non-hydrogen) atoms. The maximum Gasteiger partial charge on any atom is 0.277 e. The van der Waals surface area contributed by atoms with Gasteiger partial charge in [0.2, 0.25) is 5.91 Å². The van der Waals surface area contributed by atoms with Crippen molar-refractivity contribution in [3.05, 3.63) is 48.0 Å². The van der Waals surface area contributed by atoms with Crippen LogP contribution in [-0.2, 0) is 9.59 Å². The van der Waals surface area contributed by atoms with Gasteiger partial charge in [0.05, 0.1) is 6.42 Å². The second kappa shape index (κ2) is 9.59. The largest absolute Gasteiger partial charge is 0.486 e. The van der Waals surface area contributed by atoms with Gasteiger partial charge in [-0.3, -0.25) is 9.59 Å². The molecule has 1 aliphatic rings. The molecule has 0 spiro atoms. The van der Waals surface area contributed by atoms with Crippen molar-refractivity contribution in [1.29, 1.82) is 0 Å². The second-order valence-electron chi connectivity index (χ2n) is 6.52. The summed E-state index contributed by atoms with van der Waals surface area (Å²) in [7, 11) is 0. The molecule has 3 rings (SSSR count). The normalized spacial score (nSPS) is 12.8. The van der Waals surface area contributed by atoms with Crippen molar-refractivity contribution in [2.45, 2.75) is 20.3 Å². The number of nitrogens with one attached hydrogen (secondary N) is 2. The predicted octanol–water partition coefficient (Wildman–Crippen LogP) is 2.67. The standard InChI is InChI=1S/C21H23N3O5/c1-14-5-3-4-6-17(14)29-13-21(26)24-23-15(2)11-20(25)22-16-7-8-18-19(12-16)28-10-9-27-18/h3-8,12H,9-11,13H2,1-2H3,(H,22,25)(H,24,26)/b23-15-. The first-order chi connectivity index (χ1) is 14.0. The van der Waals surface area contributed by atoms with Gasteiger partial charge < -0.3 is 19.5 Å². The van der Waals surface area contributed by atoms with Crippen molar-refractivity contribution in [2.75, 3.05) is 25.1 Å². The molecular formula is C21H23N3O5. The molecule has 0 fully saturated rings. The summed E-state index contributed by atoms with van der Waals surface area (Å²) in [5, 5.41) is 6.71. The highest BCUT2D eigenvalue weighted by atomic mass is 16.6. The molecule has 0 atom stereocenters. The average molecular weight is 397 g/mol. The van der Waals surface area contributed by atoms with Crippen LogP contribution in [0.4, 0.5) is 5.69 Å². The van der Waals surface area contributed by atoms with E-state index >= 15 is 0 Å². The van der Waals surface area contributed by atoms with Gasteiger partial charge in [-0.1, -0.05) is 18.2 Å². The highest BCUT2D eigenvalue weighted by Crippen LogP contribution is 2.32. The van der Waals surface area contributed by atoms with Crippen LogP contribution in [0.5, 0.6) is 17.2 Å². The number of anilines is 1. The Morgan fingerprint density at radius 2 is 1.83 bits per heavy atom. The first-order valence-corrected chi connectivity index (χ1v) is 9.21. The fourth-order valence-corrected chi connectivity index (χ4v) is 2.65. The molecule has 2 N–H and O–H groups in total. The number of nitrogens with zero attached hydrogens (tertiary/aromatic N) is 1. The summed E-state index contributed by atoms with van der Waals surface area (Å²) in [6.45, 7) is 4.38. The minimum Gasteiger partial charge on any atom is -0.486 e. The molecule has 0 radical (unpaired) electrons.